The van der Waals surface area contributed by atoms with Gasteiger partial charge >= 0.3 is 0 Å². The Kier molecular flexibility index (Phi) is 5.84. The van der Waals surface area contributed by atoms with E-state index >= 15 is 0 Å². The molecule has 0 aliphatic rings. The molecule has 4 nitrogen and oxygen atoms in total. The Morgan fingerprint density at radius 2 is 1.50 bits per heavy atom. The van der Waals surface area contributed by atoms with Crippen LogP contribution in [-0.2, 0) is 0 Å². The number of aromatic nitrogens is 2. The van der Waals surface area contributed by atoms with E-state index in [1.165, 1.54) is 5.56 Å². The van der Waals surface area contributed by atoms with Gasteiger partial charge in [0.15, 0.2) is 0 Å². The summed E-state index contributed by atoms with van der Waals surface area (Å²) in [7, 11) is 0. The van der Waals surface area contributed by atoms with Gasteiger partial charge in [0, 0.05) is 30.8 Å². The van der Waals surface area contributed by atoms with Gasteiger partial charge in [-0.25, -0.2) is 4.98 Å². The Balaban J connectivity index is 1.97. The summed E-state index contributed by atoms with van der Waals surface area (Å²) >= 11 is 0. The van der Waals surface area contributed by atoms with Crippen LogP contribution in [0, 0.1) is 0 Å². The molecule has 0 bridgehead atoms. The lowest BCUT2D eigenvalue weighted by Gasteiger charge is -2.22. The van der Waals surface area contributed by atoms with E-state index in [0.717, 1.165) is 36.1 Å². The summed E-state index contributed by atoms with van der Waals surface area (Å²) in [4.78, 5) is 11.7. The van der Waals surface area contributed by atoms with Crippen molar-refractivity contribution in [2.45, 2.75) is 26.8 Å². The minimum absolute atomic E-state index is 0.166. The van der Waals surface area contributed by atoms with Crippen LogP contribution in [0.2, 0.25) is 0 Å². The van der Waals surface area contributed by atoms with Crippen LogP contribution in [0.15, 0.2) is 66.7 Å². The maximum atomic E-state index is 4.80. The zero-order valence-corrected chi connectivity index (χ0v) is 15.7. The maximum Gasteiger partial charge on any atom is 0.227 e. The molecule has 26 heavy (non-hydrogen) atoms. The van der Waals surface area contributed by atoms with Gasteiger partial charge in [-0.2, -0.15) is 4.98 Å². The number of hydrogen-bond donors (Lipinski definition) is 1. The largest absolute Gasteiger partial charge is 0.363 e. The molecule has 0 spiro atoms. The molecule has 3 aromatic rings. The zero-order chi connectivity index (χ0) is 18.4. The van der Waals surface area contributed by atoms with Crippen LogP contribution in [-0.4, -0.2) is 23.1 Å². The third-order valence-corrected chi connectivity index (χ3v) is 4.49. The summed E-state index contributed by atoms with van der Waals surface area (Å²) in [5.74, 6) is 1.61. The van der Waals surface area contributed by atoms with Gasteiger partial charge in [0.2, 0.25) is 5.95 Å². The monoisotopic (exact) mass is 346 g/mol. The van der Waals surface area contributed by atoms with Gasteiger partial charge in [-0.15, -0.1) is 0 Å². The predicted octanol–water partition coefficient (Wildman–Crippen LogP) is 5.16. The molecule has 4 heteroatoms. The van der Waals surface area contributed by atoms with E-state index < -0.39 is 0 Å². The first-order valence-corrected chi connectivity index (χ1v) is 9.22. The van der Waals surface area contributed by atoms with E-state index in [0.29, 0.717) is 0 Å². The van der Waals surface area contributed by atoms with Gasteiger partial charge in [-0.3, -0.25) is 0 Å². The van der Waals surface area contributed by atoms with E-state index in [-0.39, 0.29) is 6.04 Å². The standard InChI is InChI=1S/C22H26N4/c1-4-26(5-2)22-24-20(19-14-10-7-11-15-19)16-21(25-22)23-17(3)18-12-8-6-9-13-18/h6-17H,4-5H2,1-3H3,(H,23,24,25). The van der Waals surface area contributed by atoms with Crippen LogP contribution in [0.3, 0.4) is 0 Å². The molecule has 1 aromatic heterocycles. The summed E-state index contributed by atoms with van der Waals surface area (Å²) in [6, 6.07) is 22.9. The first-order chi connectivity index (χ1) is 12.7. The van der Waals surface area contributed by atoms with Gasteiger partial charge in [-0.05, 0) is 26.3 Å². The fourth-order valence-corrected chi connectivity index (χ4v) is 2.96. The van der Waals surface area contributed by atoms with Crippen LogP contribution < -0.4 is 10.2 Å². The van der Waals surface area contributed by atoms with Crippen molar-refractivity contribution in [2.24, 2.45) is 0 Å². The summed E-state index contributed by atoms with van der Waals surface area (Å²) in [6.07, 6.45) is 0. The highest BCUT2D eigenvalue weighted by molar-refractivity contribution is 5.64. The van der Waals surface area contributed by atoms with Crippen molar-refractivity contribution in [1.29, 1.82) is 0 Å². The Hall–Kier alpha value is -2.88. The van der Waals surface area contributed by atoms with Crippen molar-refractivity contribution in [2.75, 3.05) is 23.3 Å². The van der Waals surface area contributed by atoms with Gasteiger partial charge in [0.05, 0.1) is 5.69 Å². The molecule has 0 aliphatic carbocycles. The van der Waals surface area contributed by atoms with Crippen LogP contribution in [0.5, 0.6) is 0 Å². The minimum atomic E-state index is 0.166. The Bertz CT molecular complexity index is 814. The second kappa shape index (κ2) is 8.48. The van der Waals surface area contributed by atoms with Crippen molar-refractivity contribution in [3.8, 4) is 11.3 Å². The van der Waals surface area contributed by atoms with Crippen LogP contribution in [0.25, 0.3) is 11.3 Å². The molecule has 0 fully saturated rings. The van der Waals surface area contributed by atoms with Crippen molar-refractivity contribution in [1.82, 2.24) is 9.97 Å². The molecule has 3 rings (SSSR count). The van der Waals surface area contributed by atoms with E-state index in [4.69, 9.17) is 9.97 Å². The lowest BCUT2D eigenvalue weighted by molar-refractivity contribution is 0.815. The number of benzene rings is 2. The number of nitrogens with zero attached hydrogens (tertiary/aromatic N) is 3. The quantitative estimate of drug-likeness (QED) is 0.641. The summed E-state index contributed by atoms with van der Waals surface area (Å²) in [6.45, 7) is 8.16. The third kappa shape index (κ3) is 4.20. The molecule has 1 heterocycles. The number of anilines is 2. The SMILES string of the molecule is CCN(CC)c1nc(NC(C)c2ccccc2)cc(-c2ccccc2)n1. The zero-order valence-electron chi connectivity index (χ0n) is 15.7. The molecular formula is C22H26N4. The Labute approximate surface area is 155 Å². The topological polar surface area (TPSA) is 41.1 Å². The summed E-state index contributed by atoms with van der Waals surface area (Å²) < 4.78 is 0. The van der Waals surface area contributed by atoms with Gasteiger partial charge in [0.25, 0.3) is 0 Å². The molecule has 0 saturated heterocycles. The molecule has 1 atom stereocenters. The van der Waals surface area contributed by atoms with Crippen LogP contribution >= 0.6 is 0 Å². The Morgan fingerprint density at radius 3 is 2.12 bits per heavy atom. The molecule has 0 saturated carbocycles. The highest BCUT2D eigenvalue weighted by atomic mass is 15.3. The van der Waals surface area contributed by atoms with Gasteiger partial charge in [-0.1, -0.05) is 60.7 Å². The average Bonchev–Trinajstić information content (AvgIpc) is 2.70. The van der Waals surface area contributed by atoms with Crippen LogP contribution in [0.4, 0.5) is 11.8 Å². The molecule has 0 amide bonds. The average molecular weight is 346 g/mol. The highest BCUT2D eigenvalue weighted by Crippen LogP contribution is 2.25. The van der Waals surface area contributed by atoms with Crippen LogP contribution in [0.1, 0.15) is 32.4 Å². The molecule has 0 radical (unpaired) electrons. The minimum Gasteiger partial charge on any atom is -0.363 e. The lowest BCUT2D eigenvalue weighted by Crippen LogP contribution is -2.25. The normalized spacial score (nSPS) is 11.8. The van der Waals surface area contributed by atoms with Gasteiger partial charge < -0.3 is 10.2 Å². The van der Waals surface area contributed by atoms with E-state index in [2.05, 4.69) is 67.4 Å². The van der Waals surface area contributed by atoms with Crippen molar-refractivity contribution in [3.05, 3.63) is 72.3 Å². The molecule has 2 aromatic carbocycles. The van der Waals surface area contributed by atoms with E-state index in [1.54, 1.807) is 0 Å². The van der Waals surface area contributed by atoms with Crippen molar-refractivity contribution in [3.63, 3.8) is 0 Å². The fourth-order valence-electron chi connectivity index (χ4n) is 2.96. The highest BCUT2D eigenvalue weighted by Gasteiger charge is 2.13. The molecule has 1 N–H and O–H groups in total. The third-order valence-electron chi connectivity index (χ3n) is 4.49. The van der Waals surface area contributed by atoms with Crippen molar-refractivity contribution >= 4 is 11.8 Å². The number of nitrogens with one attached hydrogen (secondary N) is 1. The fraction of sp³-hybridized carbons (Fsp3) is 0.273. The molecular weight excluding hydrogens is 320 g/mol. The smallest absolute Gasteiger partial charge is 0.227 e. The van der Waals surface area contributed by atoms with E-state index in [1.807, 2.05) is 30.3 Å². The van der Waals surface area contributed by atoms with Gasteiger partial charge in [0.1, 0.15) is 5.82 Å². The van der Waals surface area contributed by atoms with Crippen molar-refractivity contribution < 1.29 is 0 Å². The lowest BCUT2D eigenvalue weighted by atomic mass is 10.1. The number of rotatable bonds is 7. The number of hydrogen-bond acceptors (Lipinski definition) is 4. The molecule has 1 unspecified atom stereocenters. The first kappa shape index (κ1) is 17.9. The first-order valence-electron chi connectivity index (χ1n) is 9.22. The second-order valence-corrected chi connectivity index (χ2v) is 6.25. The maximum absolute atomic E-state index is 4.80. The van der Waals surface area contributed by atoms with E-state index in [9.17, 15) is 0 Å². The molecule has 134 valence electrons. The second-order valence-electron chi connectivity index (χ2n) is 6.25. The summed E-state index contributed by atoms with van der Waals surface area (Å²) in [5.41, 5.74) is 3.26. The summed E-state index contributed by atoms with van der Waals surface area (Å²) in [5, 5.41) is 3.53. The molecule has 0 aliphatic heterocycles. The predicted molar refractivity (Wildman–Crippen MR) is 110 cm³/mol. The Morgan fingerprint density at radius 1 is 0.885 bits per heavy atom.